The number of hydrogen-bond donors (Lipinski definition) is 1. The van der Waals surface area contributed by atoms with Crippen LogP contribution in [-0.2, 0) is 19.1 Å². The van der Waals surface area contributed by atoms with Crippen LogP contribution < -0.4 is 5.32 Å². The van der Waals surface area contributed by atoms with Crippen molar-refractivity contribution in [2.75, 3.05) is 5.32 Å². The topological polar surface area (TPSA) is 82.5 Å². The normalized spacial score (nSPS) is 16.2. The van der Waals surface area contributed by atoms with E-state index in [-0.39, 0.29) is 5.57 Å². The molecule has 2 heterocycles. The molecule has 1 aromatic heterocycles. The molecule has 0 radical (unpaired) electrons. The first-order valence-electron chi connectivity index (χ1n) is 7.50. The van der Waals surface area contributed by atoms with E-state index in [1.54, 1.807) is 30.0 Å². The molecule has 8 heteroatoms. The molecule has 25 heavy (non-hydrogen) atoms. The van der Waals surface area contributed by atoms with Gasteiger partial charge in [0, 0.05) is 32.4 Å². The standard InChI is InChI=1S/C17H16FN3O4/c1-10-19-6-7-21(10)14-5-4-11(18)8-13(14)20-9-12-15(22)24-17(2,3)25-16(12)23/h4-9,20H,1-3H3. The van der Waals surface area contributed by atoms with Gasteiger partial charge in [0.1, 0.15) is 11.6 Å². The van der Waals surface area contributed by atoms with Crippen LogP contribution >= 0.6 is 0 Å². The number of halogens is 1. The molecule has 0 atom stereocenters. The number of carbonyl (C=O) groups excluding carboxylic acids is 2. The van der Waals surface area contributed by atoms with Gasteiger partial charge >= 0.3 is 11.9 Å². The Morgan fingerprint density at radius 3 is 2.52 bits per heavy atom. The fourth-order valence-electron chi connectivity index (χ4n) is 2.39. The van der Waals surface area contributed by atoms with Crippen LogP contribution in [0.2, 0.25) is 0 Å². The molecule has 0 spiro atoms. The van der Waals surface area contributed by atoms with Crippen LogP contribution in [0.15, 0.2) is 42.4 Å². The Balaban J connectivity index is 1.94. The minimum atomic E-state index is -1.32. The average molecular weight is 345 g/mol. The van der Waals surface area contributed by atoms with Gasteiger partial charge in [-0.15, -0.1) is 0 Å². The number of esters is 2. The molecule has 1 aliphatic heterocycles. The van der Waals surface area contributed by atoms with Gasteiger partial charge in [-0.2, -0.15) is 0 Å². The quantitative estimate of drug-likeness (QED) is 0.523. The molecule has 0 unspecified atom stereocenters. The molecule has 1 aliphatic rings. The lowest BCUT2D eigenvalue weighted by molar-refractivity contribution is -0.222. The number of imidazole rings is 1. The summed E-state index contributed by atoms with van der Waals surface area (Å²) in [4.78, 5) is 28.0. The van der Waals surface area contributed by atoms with E-state index in [0.717, 1.165) is 6.20 Å². The van der Waals surface area contributed by atoms with E-state index < -0.39 is 23.5 Å². The molecular weight excluding hydrogens is 329 g/mol. The summed E-state index contributed by atoms with van der Waals surface area (Å²) in [5.41, 5.74) is 0.641. The third kappa shape index (κ3) is 3.37. The Morgan fingerprint density at radius 2 is 1.92 bits per heavy atom. The van der Waals surface area contributed by atoms with Gasteiger partial charge < -0.3 is 19.4 Å². The van der Waals surface area contributed by atoms with Crippen LogP contribution in [0.4, 0.5) is 10.1 Å². The van der Waals surface area contributed by atoms with Crippen molar-refractivity contribution in [3.8, 4) is 5.69 Å². The number of hydrogen-bond acceptors (Lipinski definition) is 6. The lowest BCUT2D eigenvalue weighted by Gasteiger charge is -2.29. The van der Waals surface area contributed by atoms with Crippen LogP contribution in [0, 0.1) is 12.7 Å². The molecule has 0 bridgehead atoms. The molecule has 0 amide bonds. The van der Waals surface area contributed by atoms with Gasteiger partial charge in [-0.25, -0.2) is 19.0 Å². The number of nitrogens with zero attached hydrogens (tertiary/aromatic N) is 2. The van der Waals surface area contributed by atoms with Gasteiger partial charge in [-0.3, -0.25) is 0 Å². The molecular formula is C17H16FN3O4. The largest absolute Gasteiger partial charge is 0.419 e. The smallest absolute Gasteiger partial charge is 0.350 e. The number of carbonyl (C=O) groups is 2. The van der Waals surface area contributed by atoms with E-state index in [4.69, 9.17) is 9.47 Å². The number of rotatable bonds is 3. The third-order valence-electron chi connectivity index (χ3n) is 3.53. The fraction of sp³-hybridized carbons (Fsp3) is 0.235. The van der Waals surface area contributed by atoms with E-state index in [0.29, 0.717) is 17.2 Å². The second kappa shape index (κ2) is 6.04. The Morgan fingerprint density at radius 1 is 1.24 bits per heavy atom. The summed E-state index contributed by atoms with van der Waals surface area (Å²) in [7, 11) is 0. The molecule has 130 valence electrons. The minimum absolute atomic E-state index is 0.308. The molecule has 3 rings (SSSR count). The van der Waals surface area contributed by atoms with Gasteiger partial charge in [0.15, 0.2) is 5.57 Å². The number of cyclic esters (lactones) is 2. The monoisotopic (exact) mass is 345 g/mol. The Labute approximate surface area is 143 Å². The van der Waals surface area contributed by atoms with E-state index in [1.165, 1.54) is 26.0 Å². The SMILES string of the molecule is Cc1nccn1-c1ccc(F)cc1NC=C1C(=O)OC(C)(C)OC1=O. The van der Waals surface area contributed by atoms with Crippen LogP contribution in [0.25, 0.3) is 5.69 Å². The maximum atomic E-state index is 13.6. The number of aryl methyl sites for hydroxylation is 1. The first-order chi connectivity index (χ1) is 11.8. The predicted octanol–water partition coefficient (Wildman–Crippen LogP) is 2.45. The Kier molecular flexibility index (Phi) is 4.03. The van der Waals surface area contributed by atoms with Crippen molar-refractivity contribution >= 4 is 17.6 Å². The maximum absolute atomic E-state index is 13.6. The van der Waals surface area contributed by atoms with Gasteiger partial charge in [-0.1, -0.05) is 0 Å². The van der Waals surface area contributed by atoms with Crippen LogP contribution in [0.1, 0.15) is 19.7 Å². The lowest BCUT2D eigenvalue weighted by atomic mass is 10.2. The summed E-state index contributed by atoms with van der Waals surface area (Å²) in [5.74, 6) is -2.72. The number of benzene rings is 1. The van der Waals surface area contributed by atoms with Crippen molar-refractivity contribution < 1.29 is 23.5 Å². The summed E-state index contributed by atoms with van der Waals surface area (Å²) >= 11 is 0. The number of ether oxygens (including phenoxy) is 2. The van der Waals surface area contributed by atoms with Crippen LogP contribution in [-0.4, -0.2) is 27.3 Å². The fourth-order valence-corrected chi connectivity index (χ4v) is 2.39. The van der Waals surface area contributed by atoms with Gasteiger partial charge in [0.25, 0.3) is 5.79 Å². The van der Waals surface area contributed by atoms with Crippen molar-refractivity contribution in [3.63, 3.8) is 0 Å². The van der Waals surface area contributed by atoms with Crippen molar-refractivity contribution in [2.24, 2.45) is 0 Å². The molecule has 2 aromatic rings. The highest BCUT2D eigenvalue weighted by Crippen LogP contribution is 2.25. The second-order valence-corrected chi connectivity index (χ2v) is 5.89. The lowest BCUT2D eigenvalue weighted by Crippen LogP contribution is -2.42. The Hall–Kier alpha value is -3.16. The van der Waals surface area contributed by atoms with Gasteiger partial charge in [0.2, 0.25) is 0 Å². The van der Waals surface area contributed by atoms with E-state index in [2.05, 4.69) is 10.3 Å². The van der Waals surface area contributed by atoms with E-state index >= 15 is 0 Å². The molecule has 1 fully saturated rings. The first-order valence-corrected chi connectivity index (χ1v) is 7.50. The number of aromatic nitrogens is 2. The van der Waals surface area contributed by atoms with Crippen LogP contribution in [0.5, 0.6) is 0 Å². The van der Waals surface area contributed by atoms with E-state index in [1.807, 2.05) is 0 Å². The van der Waals surface area contributed by atoms with Gasteiger partial charge in [0.05, 0.1) is 11.4 Å². The zero-order valence-electron chi connectivity index (χ0n) is 13.9. The van der Waals surface area contributed by atoms with E-state index in [9.17, 15) is 14.0 Å². The summed E-state index contributed by atoms with van der Waals surface area (Å²) in [5, 5.41) is 2.78. The molecule has 1 aromatic carbocycles. The molecule has 7 nitrogen and oxygen atoms in total. The third-order valence-corrected chi connectivity index (χ3v) is 3.53. The second-order valence-electron chi connectivity index (χ2n) is 5.89. The minimum Gasteiger partial charge on any atom is -0.419 e. The van der Waals surface area contributed by atoms with Crippen molar-refractivity contribution in [3.05, 3.63) is 54.0 Å². The first kappa shape index (κ1) is 16.7. The van der Waals surface area contributed by atoms with Crippen molar-refractivity contribution in [2.45, 2.75) is 26.6 Å². The zero-order chi connectivity index (χ0) is 18.2. The average Bonchev–Trinajstić information content (AvgIpc) is 2.91. The number of nitrogens with one attached hydrogen (secondary N) is 1. The highest BCUT2D eigenvalue weighted by atomic mass is 19.1. The summed E-state index contributed by atoms with van der Waals surface area (Å²) in [6.07, 6.45) is 4.47. The highest BCUT2D eigenvalue weighted by Gasteiger charge is 2.39. The summed E-state index contributed by atoms with van der Waals surface area (Å²) < 4.78 is 25.4. The highest BCUT2D eigenvalue weighted by molar-refractivity contribution is 6.15. The Bertz CT molecular complexity index is 864. The molecule has 1 saturated heterocycles. The molecule has 1 N–H and O–H groups in total. The maximum Gasteiger partial charge on any atom is 0.350 e. The van der Waals surface area contributed by atoms with Crippen LogP contribution in [0.3, 0.4) is 0 Å². The van der Waals surface area contributed by atoms with Crippen molar-refractivity contribution in [1.29, 1.82) is 0 Å². The molecule has 0 saturated carbocycles. The number of anilines is 1. The predicted molar refractivity (Wildman–Crippen MR) is 86.2 cm³/mol. The molecule has 0 aliphatic carbocycles. The summed E-state index contributed by atoms with van der Waals surface area (Å²) in [6.45, 7) is 4.71. The van der Waals surface area contributed by atoms with Crippen molar-refractivity contribution in [1.82, 2.24) is 9.55 Å². The zero-order valence-corrected chi connectivity index (χ0v) is 13.9. The summed E-state index contributed by atoms with van der Waals surface area (Å²) in [6, 6.07) is 4.11. The van der Waals surface area contributed by atoms with Gasteiger partial charge in [-0.05, 0) is 25.1 Å².